The predicted molar refractivity (Wildman–Crippen MR) is 115 cm³/mol. The van der Waals surface area contributed by atoms with Gasteiger partial charge in [0.25, 0.3) is 5.91 Å². The van der Waals surface area contributed by atoms with Crippen LogP contribution in [0.1, 0.15) is 38.7 Å². The van der Waals surface area contributed by atoms with E-state index in [1.807, 2.05) is 12.2 Å². The van der Waals surface area contributed by atoms with Gasteiger partial charge in [0.1, 0.15) is 11.4 Å². The Bertz CT molecular complexity index is 856. The second-order valence-electron chi connectivity index (χ2n) is 6.56. The molecule has 0 saturated carbocycles. The fourth-order valence-corrected chi connectivity index (χ4v) is 2.80. The van der Waals surface area contributed by atoms with Crippen molar-refractivity contribution >= 4 is 28.9 Å². The van der Waals surface area contributed by atoms with E-state index in [4.69, 9.17) is 17.0 Å². The molecular weight excluding hydrogens is 476 g/mol. The lowest BCUT2D eigenvalue weighted by atomic mass is 10.1. The Labute approximate surface area is 192 Å². The van der Waals surface area contributed by atoms with E-state index in [1.165, 1.54) is 13.0 Å². The summed E-state index contributed by atoms with van der Waals surface area (Å²) >= 11 is 4.86. The molecule has 13 heteroatoms. The summed E-state index contributed by atoms with van der Waals surface area (Å²) in [6, 6.07) is 3.06. The van der Waals surface area contributed by atoms with Crippen molar-refractivity contribution in [3.8, 4) is 5.75 Å². The van der Waals surface area contributed by atoms with Crippen LogP contribution in [-0.2, 0) is 15.7 Å². The van der Waals surface area contributed by atoms with Crippen LogP contribution < -0.4 is 20.7 Å². The largest absolute Gasteiger partial charge is 0.493 e. The van der Waals surface area contributed by atoms with Crippen LogP contribution in [0, 0.1) is 0 Å². The highest BCUT2D eigenvalue weighted by Gasteiger charge is 2.40. The number of hydrogen-bond donors (Lipinski definition) is 3. The molecule has 0 spiro atoms. The van der Waals surface area contributed by atoms with Crippen LogP contribution in [0.15, 0.2) is 29.7 Å². The number of unbranched alkanes of at least 4 members (excludes halogenated alkanes) is 2. The third-order valence-corrected chi connectivity index (χ3v) is 4.23. The number of ether oxygens (including phenoxy) is 2. The highest BCUT2D eigenvalue weighted by molar-refractivity contribution is 7.80. The van der Waals surface area contributed by atoms with Crippen molar-refractivity contribution in [2.75, 3.05) is 25.6 Å². The van der Waals surface area contributed by atoms with Crippen LogP contribution in [-0.4, -0.2) is 37.5 Å². The molecule has 0 aliphatic heterocycles. The van der Waals surface area contributed by atoms with Gasteiger partial charge in [-0.15, -0.1) is 0 Å². The Hall–Kier alpha value is -2.70. The average molecular weight is 501 g/mol. The van der Waals surface area contributed by atoms with Gasteiger partial charge in [-0.1, -0.05) is 19.8 Å². The number of thiocarbonyl (C=S) groups is 1. The third kappa shape index (κ3) is 8.98. The first-order valence-corrected chi connectivity index (χ1v) is 10.3. The van der Waals surface area contributed by atoms with Crippen molar-refractivity contribution in [1.82, 2.24) is 10.6 Å². The lowest BCUT2D eigenvalue weighted by molar-refractivity contribution is -0.139. The van der Waals surface area contributed by atoms with Crippen molar-refractivity contribution in [3.05, 3.63) is 35.2 Å². The molecule has 1 amide bonds. The highest BCUT2D eigenvalue weighted by atomic mass is 32.1. The summed E-state index contributed by atoms with van der Waals surface area (Å²) in [6.45, 7) is 3.00. The smallest absolute Gasteiger partial charge is 0.451 e. The fourth-order valence-electron chi connectivity index (χ4n) is 2.59. The maximum absolute atomic E-state index is 13.4. The van der Waals surface area contributed by atoms with Gasteiger partial charge in [0.2, 0.25) is 5.76 Å². The summed E-state index contributed by atoms with van der Waals surface area (Å²) < 4.78 is 89.5. The topological polar surface area (TPSA) is 71.6 Å². The van der Waals surface area contributed by atoms with Gasteiger partial charge >= 0.3 is 12.4 Å². The van der Waals surface area contributed by atoms with E-state index in [1.54, 1.807) is 0 Å². The number of benzene rings is 1. The molecule has 186 valence electrons. The highest BCUT2D eigenvalue weighted by Crippen LogP contribution is 2.38. The minimum Gasteiger partial charge on any atom is -0.493 e. The predicted octanol–water partition coefficient (Wildman–Crippen LogP) is 5.12. The van der Waals surface area contributed by atoms with Gasteiger partial charge in [0.15, 0.2) is 5.11 Å². The first-order chi connectivity index (χ1) is 15.3. The van der Waals surface area contributed by atoms with Gasteiger partial charge in [0.05, 0.1) is 18.8 Å². The molecule has 1 rings (SSSR count). The lowest BCUT2D eigenvalue weighted by Crippen LogP contribution is -2.40. The first kappa shape index (κ1) is 28.3. The van der Waals surface area contributed by atoms with Gasteiger partial charge in [-0.3, -0.25) is 10.1 Å². The molecule has 1 aromatic carbocycles. The number of alkyl halides is 6. The second kappa shape index (κ2) is 12.5. The Balaban J connectivity index is 3.03. The van der Waals surface area contributed by atoms with Crippen LogP contribution in [0.4, 0.5) is 32.0 Å². The van der Waals surface area contributed by atoms with Gasteiger partial charge in [0, 0.05) is 12.7 Å². The monoisotopic (exact) mass is 501 g/mol. The Morgan fingerprint density at radius 3 is 2.27 bits per heavy atom. The van der Waals surface area contributed by atoms with Crippen LogP contribution in [0.25, 0.3) is 0 Å². The maximum atomic E-state index is 13.4. The van der Waals surface area contributed by atoms with Gasteiger partial charge in [-0.05, 0) is 43.8 Å². The Morgan fingerprint density at radius 2 is 1.76 bits per heavy atom. The standard InChI is InChI=1S/C20H25F6N3O3S/c1-4-6-7-10-32-14-9-8-12(11-13(14)19(21,22)23)28-18(33)29-17(30)15(27-3)16(31-5-2)20(24,25)26/h8-9,11,27H,4-7,10H2,1-3H3,(H2,28,29,30,33)/b16-15-. The van der Waals surface area contributed by atoms with E-state index in [0.29, 0.717) is 6.42 Å². The fraction of sp³-hybridized carbons (Fsp3) is 0.500. The Kier molecular flexibility index (Phi) is 10.7. The Morgan fingerprint density at radius 1 is 1.09 bits per heavy atom. The number of anilines is 1. The summed E-state index contributed by atoms with van der Waals surface area (Å²) in [6.07, 6.45) is -7.43. The van der Waals surface area contributed by atoms with Gasteiger partial charge < -0.3 is 20.1 Å². The maximum Gasteiger partial charge on any atom is 0.451 e. The number of hydrogen-bond acceptors (Lipinski definition) is 5. The summed E-state index contributed by atoms with van der Waals surface area (Å²) in [5.41, 5.74) is -2.16. The molecular formula is C20H25F6N3O3S. The molecule has 33 heavy (non-hydrogen) atoms. The number of carbonyl (C=O) groups excluding carboxylic acids is 1. The molecule has 0 saturated heterocycles. The molecule has 0 aliphatic rings. The van der Waals surface area contributed by atoms with E-state index >= 15 is 0 Å². The first-order valence-electron chi connectivity index (χ1n) is 9.93. The average Bonchev–Trinajstić information content (AvgIpc) is 2.70. The zero-order valence-corrected chi connectivity index (χ0v) is 19.0. The number of nitrogens with one attached hydrogen (secondary N) is 3. The minimum atomic E-state index is -4.96. The van der Waals surface area contributed by atoms with Crippen molar-refractivity contribution in [2.24, 2.45) is 0 Å². The molecule has 6 nitrogen and oxygen atoms in total. The number of allylic oxidation sites excluding steroid dienone is 1. The molecule has 0 unspecified atom stereocenters. The van der Waals surface area contributed by atoms with E-state index < -0.39 is 40.4 Å². The zero-order chi connectivity index (χ0) is 25.2. The number of likely N-dealkylation sites (N-methyl/N-ethyl adjacent to an activating group) is 1. The number of carbonyl (C=O) groups is 1. The zero-order valence-electron chi connectivity index (χ0n) is 18.2. The quantitative estimate of drug-likeness (QED) is 0.136. The lowest BCUT2D eigenvalue weighted by Gasteiger charge is -2.18. The molecule has 0 aliphatic carbocycles. The molecule has 0 radical (unpaired) electrons. The van der Waals surface area contributed by atoms with E-state index in [2.05, 4.69) is 15.4 Å². The minimum absolute atomic E-state index is 0.110. The molecule has 0 atom stereocenters. The second-order valence-corrected chi connectivity index (χ2v) is 6.97. The van der Waals surface area contributed by atoms with Crippen molar-refractivity contribution in [1.29, 1.82) is 0 Å². The molecule has 3 N–H and O–H groups in total. The molecule has 0 bridgehead atoms. The summed E-state index contributed by atoms with van der Waals surface area (Å²) in [7, 11) is 1.07. The van der Waals surface area contributed by atoms with Crippen LogP contribution in [0.3, 0.4) is 0 Å². The molecule has 0 fully saturated rings. The normalized spacial score (nSPS) is 12.5. The summed E-state index contributed by atoms with van der Waals surface area (Å²) in [5.74, 6) is -3.22. The molecule has 0 aromatic heterocycles. The van der Waals surface area contributed by atoms with Crippen LogP contribution >= 0.6 is 12.2 Å². The third-order valence-electron chi connectivity index (χ3n) is 4.03. The van der Waals surface area contributed by atoms with Crippen molar-refractivity contribution < 1.29 is 40.6 Å². The SMILES string of the molecule is CCCCCOc1ccc(NC(=S)NC(=O)/C(NC)=C(/OCC)C(F)(F)F)cc1C(F)(F)F. The van der Waals surface area contributed by atoms with E-state index in [9.17, 15) is 31.1 Å². The van der Waals surface area contributed by atoms with E-state index in [-0.39, 0.29) is 24.7 Å². The van der Waals surface area contributed by atoms with E-state index in [0.717, 1.165) is 32.0 Å². The van der Waals surface area contributed by atoms with Gasteiger partial charge in [-0.2, -0.15) is 26.3 Å². The summed E-state index contributed by atoms with van der Waals surface area (Å²) in [4.78, 5) is 12.3. The van der Waals surface area contributed by atoms with Crippen LogP contribution in [0.5, 0.6) is 5.75 Å². The van der Waals surface area contributed by atoms with Gasteiger partial charge in [-0.25, -0.2) is 0 Å². The van der Waals surface area contributed by atoms with Crippen LogP contribution in [0.2, 0.25) is 0 Å². The molecule has 1 aromatic rings. The number of rotatable bonds is 10. The van der Waals surface area contributed by atoms with Crippen molar-refractivity contribution in [3.63, 3.8) is 0 Å². The molecule has 0 heterocycles. The van der Waals surface area contributed by atoms with Crippen molar-refractivity contribution in [2.45, 2.75) is 45.5 Å². The number of amides is 1. The number of halogens is 6. The summed E-state index contributed by atoms with van der Waals surface area (Å²) in [5, 5.41) is 5.91.